The van der Waals surface area contributed by atoms with E-state index in [1.807, 2.05) is 12.2 Å². The van der Waals surface area contributed by atoms with Crippen molar-refractivity contribution in [3.8, 4) is 0 Å². The van der Waals surface area contributed by atoms with Crippen LogP contribution in [0.25, 0.3) is 0 Å². The summed E-state index contributed by atoms with van der Waals surface area (Å²) in [5, 5.41) is 31.5. The fourth-order valence-corrected chi connectivity index (χ4v) is 8.97. The fraction of sp³-hybridized carbons (Fsp3) is 0.681. The maximum Gasteiger partial charge on any atom is 0.335 e. The highest BCUT2D eigenvalue weighted by atomic mass is 16.7. The van der Waals surface area contributed by atoms with Gasteiger partial charge in [0.2, 0.25) is 0 Å². The third kappa shape index (κ3) is 45.6. The van der Waals surface area contributed by atoms with Crippen LogP contribution in [0.3, 0.4) is 0 Å². The Hall–Kier alpha value is -4.62. The third-order valence-corrected chi connectivity index (χ3v) is 13.8. The van der Waals surface area contributed by atoms with Crippen molar-refractivity contribution in [1.29, 1.82) is 0 Å². The SMILES string of the molecule is CC/C=C\C/C=C\C/C=C\C/C=C\C/C=C\CC(=O)OC1C(OCC(COC(=O)CCCCCCCCCCC/C=C\C/C=C\CCCCC)OC(=O)CCCCCCCCC/C=C\C/C=C\CCCCC)OC(C(=O)O)C(O)C1O. The number of carbonyl (C=O) groups excluding carboxylic acids is 3. The summed E-state index contributed by atoms with van der Waals surface area (Å²) in [6, 6.07) is 0. The maximum absolute atomic E-state index is 13.2. The van der Waals surface area contributed by atoms with E-state index in [9.17, 15) is 34.5 Å². The van der Waals surface area contributed by atoms with Crippen molar-refractivity contribution >= 4 is 23.9 Å². The highest BCUT2D eigenvalue weighted by Crippen LogP contribution is 2.26. The second-order valence-corrected chi connectivity index (χ2v) is 21.3. The van der Waals surface area contributed by atoms with Crippen LogP contribution in [0, 0.1) is 0 Å². The number of allylic oxidation sites excluding steroid dienone is 17. The molecule has 6 unspecified atom stereocenters. The van der Waals surface area contributed by atoms with Crippen molar-refractivity contribution in [3.63, 3.8) is 0 Å². The number of carboxylic acid groups (broad SMARTS) is 1. The Bertz CT molecular complexity index is 1820. The first kappa shape index (κ1) is 74.4. The lowest BCUT2D eigenvalue weighted by atomic mass is 9.98. The fourth-order valence-electron chi connectivity index (χ4n) is 8.97. The zero-order chi connectivity index (χ0) is 58.9. The van der Waals surface area contributed by atoms with Crippen molar-refractivity contribution in [3.05, 3.63) is 109 Å². The van der Waals surface area contributed by atoms with Crippen LogP contribution in [0.4, 0.5) is 0 Å². The molecule has 0 saturated carbocycles. The molecule has 0 spiro atoms. The summed E-state index contributed by atoms with van der Waals surface area (Å²) in [5.41, 5.74) is 0. The van der Waals surface area contributed by atoms with Gasteiger partial charge < -0.3 is 39.0 Å². The molecule has 0 amide bonds. The normalized spacial score (nSPS) is 18.5. The van der Waals surface area contributed by atoms with Gasteiger partial charge in [-0.1, -0.05) is 233 Å². The minimum absolute atomic E-state index is 0.138. The molecule has 0 aromatic carbocycles. The Kier molecular flexibility index (Phi) is 51.3. The van der Waals surface area contributed by atoms with Crippen LogP contribution in [-0.2, 0) is 42.9 Å². The predicted octanol–water partition coefficient (Wildman–Crippen LogP) is 17.0. The first-order chi connectivity index (χ1) is 39.6. The number of ether oxygens (including phenoxy) is 5. The topological polar surface area (TPSA) is 175 Å². The first-order valence-electron chi connectivity index (χ1n) is 31.9. The Labute approximate surface area is 491 Å². The largest absolute Gasteiger partial charge is 0.479 e. The number of carbonyl (C=O) groups is 4. The summed E-state index contributed by atoms with van der Waals surface area (Å²) in [4.78, 5) is 51.2. The van der Waals surface area contributed by atoms with Gasteiger partial charge in [0.05, 0.1) is 13.0 Å². The number of aliphatic carboxylic acids is 1. The van der Waals surface area contributed by atoms with Crippen molar-refractivity contribution in [1.82, 2.24) is 0 Å². The monoisotopic (exact) mass is 1130 g/mol. The number of hydrogen-bond acceptors (Lipinski definition) is 11. The van der Waals surface area contributed by atoms with Gasteiger partial charge in [0.1, 0.15) is 18.8 Å². The summed E-state index contributed by atoms with van der Waals surface area (Å²) in [6.45, 7) is 5.79. The summed E-state index contributed by atoms with van der Waals surface area (Å²) >= 11 is 0. The van der Waals surface area contributed by atoms with E-state index in [2.05, 4.69) is 106 Å². The van der Waals surface area contributed by atoms with Gasteiger partial charge in [-0.05, 0) is 109 Å². The van der Waals surface area contributed by atoms with E-state index in [4.69, 9.17) is 23.7 Å². The molecule has 1 saturated heterocycles. The van der Waals surface area contributed by atoms with Crippen molar-refractivity contribution in [2.45, 2.75) is 289 Å². The molecule has 0 aromatic heterocycles. The van der Waals surface area contributed by atoms with E-state index >= 15 is 0 Å². The molecule has 1 rings (SSSR count). The van der Waals surface area contributed by atoms with Gasteiger partial charge in [-0.2, -0.15) is 0 Å². The minimum atomic E-state index is -1.94. The van der Waals surface area contributed by atoms with Gasteiger partial charge in [-0.25, -0.2) is 4.79 Å². The van der Waals surface area contributed by atoms with Gasteiger partial charge in [-0.15, -0.1) is 0 Å². The minimum Gasteiger partial charge on any atom is -0.479 e. The Morgan fingerprint density at radius 3 is 1.25 bits per heavy atom. The zero-order valence-corrected chi connectivity index (χ0v) is 50.7. The van der Waals surface area contributed by atoms with E-state index in [0.29, 0.717) is 19.3 Å². The summed E-state index contributed by atoms with van der Waals surface area (Å²) in [5.74, 6) is -3.30. The summed E-state index contributed by atoms with van der Waals surface area (Å²) in [7, 11) is 0. The second-order valence-electron chi connectivity index (χ2n) is 21.3. The molecule has 6 atom stereocenters. The second kappa shape index (κ2) is 55.9. The molecule has 1 fully saturated rings. The van der Waals surface area contributed by atoms with Crippen LogP contribution in [-0.4, -0.2) is 89.2 Å². The Morgan fingerprint density at radius 1 is 0.432 bits per heavy atom. The van der Waals surface area contributed by atoms with E-state index in [0.717, 1.165) is 116 Å². The number of aliphatic hydroxyl groups is 2. The lowest BCUT2D eigenvalue weighted by Crippen LogP contribution is -2.61. The maximum atomic E-state index is 13.2. The lowest BCUT2D eigenvalue weighted by Gasteiger charge is -2.40. The van der Waals surface area contributed by atoms with Gasteiger partial charge in [0, 0.05) is 12.8 Å². The molecule has 460 valence electrons. The molecule has 12 nitrogen and oxygen atoms in total. The van der Waals surface area contributed by atoms with Crippen molar-refractivity contribution in [2.75, 3.05) is 13.2 Å². The first-order valence-corrected chi connectivity index (χ1v) is 31.9. The van der Waals surface area contributed by atoms with Crippen molar-refractivity contribution in [2.24, 2.45) is 0 Å². The molecule has 0 aromatic rings. The van der Waals surface area contributed by atoms with Crippen LogP contribution >= 0.6 is 0 Å². The Morgan fingerprint density at radius 2 is 0.815 bits per heavy atom. The van der Waals surface area contributed by atoms with E-state index < -0.39 is 67.3 Å². The van der Waals surface area contributed by atoms with Gasteiger partial charge in [0.15, 0.2) is 24.6 Å². The summed E-state index contributed by atoms with van der Waals surface area (Å²) < 4.78 is 28.4. The van der Waals surface area contributed by atoms with E-state index in [1.165, 1.54) is 77.0 Å². The standard InChI is InChI=1S/C69H112O12/c1-4-7-10-13-16-19-22-25-28-30-31-33-35-37-40-43-46-49-52-55-61(70)77-58-60(79-62(71)56-53-50-47-44-41-39-36-32-29-26-23-20-17-14-11-8-5-2)59-78-69-67(65(74)64(73)66(81-69)68(75)76)80-63(72)57-54-51-48-45-42-38-34-27-24-21-18-15-12-9-6-3/h9,12,16-21,25-29,34,42,45,51,54,60,64-67,69,73-74H,4-8,10-11,13-15,22-24,30-33,35-41,43-44,46-50,52-53,55-59H2,1-3H3,(H,75,76)/b12-9-,19-16-,20-17-,21-18-,28-25-,29-26-,34-27-,45-42-,54-51-. The number of aliphatic hydroxyl groups excluding tert-OH is 2. The molecule has 81 heavy (non-hydrogen) atoms. The number of rotatable bonds is 53. The molecule has 1 heterocycles. The number of carboxylic acids is 1. The average Bonchev–Trinajstić information content (AvgIpc) is 3.53. The lowest BCUT2D eigenvalue weighted by molar-refractivity contribution is -0.301. The molecular formula is C69H112O12. The van der Waals surface area contributed by atoms with Gasteiger partial charge >= 0.3 is 23.9 Å². The molecular weight excluding hydrogens is 1020 g/mol. The average molecular weight is 1130 g/mol. The highest BCUT2D eigenvalue weighted by molar-refractivity contribution is 5.74. The van der Waals surface area contributed by atoms with Crippen LogP contribution in [0.2, 0.25) is 0 Å². The molecule has 3 N–H and O–H groups in total. The third-order valence-electron chi connectivity index (χ3n) is 13.8. The van der Waals surface area contributed by atoms with Crippen LogP contribution in [0.15, 0.2) is 109 Å². The van der Waals surface area contributed by atoms with E-state index in [-0.39, 0.29) is 25.9 Å². The van der Waals surface area contributed by atoms with Crippen LogP contribution in [0.1, 0.15) is 252 Å². The van der Waals surface area contributed by atoms with Gasteiger partial charge in [0.25, 0.3) is 0 Å². The van der Waals surface area contributed by atoms with Crippen LogP contribution in [0.5, 0.6) is 0 Å². The quantitative estimate of drug-likeness (QED) is 0.0228. The predicted molar refractivity (Wildman–Crippen MR) is 330 cm³/mol. The smallest absolute Gasteiger partial charge is 0.335 e. The highest BCUT2D eigenvalue weighted by Gasteiger charge is 2.50. The zero-order valence-electron chi connectivity index (χ0n) is 50.7. The number of esters is 3. The number of unbranched alkanes of at least 4 members (excludes halogenated alkanes) is 22. The van der Waals surface area contributed by atoms with Gasteiger partial charge in [-0.3, -0.25) is 14.4 Å². The van der Waals surface area contributed by atoms with Crippen molar-refractivity contribution < 1.29 is 58.2 Å². The van der Waals surface area contributed by atoms with E-state index in [1.54, 1.807) is 12.2 Å². The summed E-state index contributed by atoms with van der Waals surface area (Å²) in [6.07, 6.45) is 63.6. The molecule has 1 aliphatic rings. The molecule has 1 aliphatic heterocycles. The molecule has 0 radical (unpaired) electrons. The Balaban J connectivity index is 2.72. The molecule has 0 aliphatic carbocycles. The number of hydrogen-bond donors (Lipinski definition) is 3. The molecule has 0 bridgehead atoms. The molecule has 12 heteroatoms. The van der Waals surface area contributed by atoms with Crippen LogP contribution < -0.4 is 0 Å².